The third-order valence-electron chi connectivity index (χ3n) is 28.7. The topological polar surface area (TPSA) is 488 Å². The van der Waals surface area contributed by atoms with Crippen molar-refractivity contribution in [3.8, 4) is 11.3 Å². The van der Waals surface area contributed by atoms with E-state index in [4.69, 9.17) is 58.9 Å². The van der Waals surface area contributed by atoms with E-state index in [1.54, 1.807) is 71.9 Å². The quantitative estimate of drug-likeness (QED) is 0.0110. The van der Waals surface area contributed by atoms with E-state index in [0.29, 0.717) is 205 Å². The van der Waals surface area contributed by atoms with Gasteiger partial charge in [0.25, 0.3) is 23.6 Å². The molecule has 6 aliphatic heterocycles. The largest absolute Gasteiger partial charge is 0.460 e. The van der Waals surface area contributed by atoms with Crippen LogP contribution < -0.4 is 31.9 Å². The van der Waals surface area contributed by atoms with Crippen molar-refractivity contribution in [3.63, 3.8) is 0 Å². The summed E-state index contributed by atoms with van der Waals surface area (Å²) in [6.07, 6.45) is 17.5. The minimum atomic E-state index is -2.49. The maximum atomic E-state index is 14.8. The number of amides is 5. The minimum Gasteiger partial charge on any atom is -0.460 e. The van der Waals surface area contributed by atoms with Crippen LogP contribution in [0.25, 0.3) is 33.4 Å². The van der Waals surface area contributed by atoms with Gasteiger partial charge in [0.15, 0.2) is 17.0 Å². The molecule has 7 aromatic rings. The Kier molecular flexibility index (Phi) is 36.8. The molecule has 1 aliphatic carbocycles. The van der Waals surface area contributed by atoms with Crippen LogP contribution in [-0.4, -0.2) is 314 Å². The third kappa shape index (κ3) is 27.0. The molecular weight excluding hydrogens is 1810 g/mol. The number of ether oxygens (including phenoxy) is 8. The number of nitrogen functional groups attached to an aromatic ring is 2. The number of fused-ring (bicyclic) bond motifs is 6. The Morgan fingerprint density at radius 2 is 1.43 bits per heavy atom. The van der Waals surface area contributed by atoms with Crippen LogP contribution in [-0.2, 0) is 92.7 Å². The van der Waals surface area contributed by atoms with Gasteiger partial charge < -0.3 is 104 Å². The van der Waals surface area contributed by atoms with Crippen molar-refractivity contribution in [2.24, 2.45) is 35.5 Å². The molecule has 0 unspecified atom stereocenters. The number of hydrogen-bond donors (Lipinski definition) is 7. The zero-order chi connectivity index (χ0) is 100. The van der Waals surface area contributed by atoms with E-state index in [9.17, 15) is 53.7 Å². The van der Waals surface area contributed by atoms with Gasteiger partial charge in [0.2, 0.25) is 29.5 Å². The van der Waals surface area contributed by atoms with Crippen molar-refractivity contribution in [1.82, 2.24) is 74.9 Å². The Morgan fingerprint density at radius 1 is 0.695 bits per heavy atom. The van der Waals surface area contributed by atoms with Gasteiger partial charge in [0.1, 0.15) is 53.8 Å². The molecule has 0 spiro atoms. The summed E-state index contributed by atoms with van der Waals surface area (Å²) in [6.45, 7) is 21.3. The number of nitrogens with one attached hydrogen (secondary N) is 2. The average Bonchev–Trinajstić information content (AvgIpc) is 1.62. The number of carbonyl (C=O) groups excluding carboxylic acids is 8. The summed E-state index contributed by atoms with van der Waals surface area (Å²) in [5, 5.41) is 47.2. The Labute approximate surface area is 822 Å². The number of carbonyl (C=O) groups is 8. The fraction of sp³-hybridized carbons (Fsp3) is 0.588. The second kappa shape index (κ2) is 49.4. The number of piperidine rings is 1. The first kappa shape index (κ1) is 105. The number of aromatic nitrogens is 9. The van der Waals surface area contributed by atoms with Crippen molar-refractivity contribution >= 4 is 93.1 Å². The highest BCUT2D eigenvalue weighted by Gasteiger charge is 2.54. The molecule has 11 heterocycles. The number of nitrogens with zero attached hydrogens (tertiary/aromatic N) is 15. The number of rotatable bonds is 27. The number of ketones is 2. The van der Waals surface area contributed by atoms with Gasteiger partial charge in [0, 0.05) is 186 Å². The maximum Gasteiger partial charge on any atom is 0.407 e. The van der Waals surface area contributed by atoms with Gasteiger partial charge >= 0.3 is 12.1 Å². The lowest BCUT2D eigenvalue weighted by atomic mass is 9.78. The van der Waals surface area contributed by atoms with Gasteiger partial charge in [-0.15, -0.1) is 0 Å². The maximum absolute atomic E-state index is 14.8. The Balaban J connectivity index is 0.462. The lowest BCUT2D eigenvalue weighted by Gasteiger charge is -2.43. The molecule has 4 saturated heterocycles. The standard InChI is InChI=1S/C102H139N19O20/c1-62-16-12-11-13-17-63(2)82(133-8)52-76-24-19-68(7)102(132,141-76)92(127)96(129)120-31-15-14-18-78(120)97(130)138-83(53-79(122)64(3)47-67(6)90(126)91(135-10)89(125)66(5)46-62)65(4)48-69-21-25-81(84(50-69)134-9)140-101(131)105-30-44-136-42-28-85(123)106-54-71-55-107-99(108-56-71)118-39-37-116(38-40-118)86(124)29-43-137-45-41-115-33-35-117(36-34-115)100-109-57-75(58-110-100)95(128)119-32-27-72-49-70(20-22-74(72)60-119)59-121-94-87(93(103)111-61-112-94)88(114-121)73-23-26-80-77(51-73)113-98(104)139-80/h11-13,16-17,20,22-23,26,47,49,51,55-58,61-62,64-66,68-69,76,78-79,81-84,90-91,122,126,132H,14-15,18-19,21,24-25,27-46,48,50,52-54,59-60H2,1-10H3,(H2,104,113)(H,105,131)(H,106,123)(H2,103,111,112)/b13-11+,16-12+,63-17+,67-47+/t62-,64-,65-,66-,68-,69+,76+,78+,79-,81-,82+,83+,84-,90-,91+,102-/m1/s1. The monoisotopic (exact) mass is 1950 g/mol. The van der Waals surface area contributed by atoms with E-state index in [-0.39, 0.29) is 106 Å². The third-order valence-corrected chi connectivity index (χ3v) is 28.7. The van der Waals surface area contributed by atoms with Crippen molar-refractivity contribution < 1.29 is 96.0 Å². The molecule has 1 saturated carbocycles. The van der Waals surface area contributed by atoms with Crippen molar-refractivity contribution in [2.75, 3.05) is 148 Å². The fourth-order valence-electron chi connectivity index (χ4n) is 20.1. The zero-order valence-electron chi connectivity index (χ0n) is 82.7. The number of piperazine rings is 2. The number of oxazole rings is 1. The number of anilines is 4. The first-order valence-corrected chi connectivity index (χ1v) is 49.6. The summed E-state index contributed by atoms with van der Waals surface area (Å²) >= 11 is 0. The predicted molar refractivity (Wildman–Crippen MR) is 524 cm³/mol. The van der Waals surface area contributed by atoms with Gasteiger partial charge in [-0.2, -0.15) is 10.1 Å². The van der Waals surface area contributed by atoms with E-state index in [0.717, 1.165) is 40.9 Å². The first-order chi connectivity index (χ1) is 67.9. The molecular formula is C102H139N19O20. The molecule has 39 heteroatoms. The van der Waals surface area contributed by atoms with Gasteiger partial charge in [-0.3, -0.25) is 33.7 Å². The SMILES string of the molecule is CO[C@H]1C[C@@H]2CC[C@@H](C)[C@@](O)(O2)C(=O)C(=O)N2CCCC[C@H]2C(=O)O[C@H]([C@H](C)C[C@@H]2CC[C@@H](OC(=O)NCCOCCC(=O)NCc3cnc(N4CCN(C(=O)CCOCCN5CCN(c6ncc(C(=O)N7CCc8cc(Cn9nc(-c%10ccc%11oc(N)nc%11c%10)c%10c(N)ncnc%109)ccc8C7)cn6)CC5)CC4)nc3)[C@H](OC)C2)C[C@@H](O)[C@H](C)/C=C(\C)[C@@H](O)[C@@H](OC)C(=O)[C@H](C)C[C@H](C)/C=C/C=C/C=C/1C. The number of alkyl carbamates (subject to hydrolysis) is 1. The molecule has 7 aliphatic rings. The van der Waals surface area contributed by atoms with E-state index < -0.39 is 108 Å². The van der Waals surface area contributed by atoms with Crippen molar-refractivity contribution in [2.45, 2.75) is 225 Å². The lowest BCUT2D eigenvalue weighted by molar-refractivity contribution is -0.265. The molecule has 0 radical (unpaired) electrons. The number of nitrogens with two attached hydrogens (primary N) is 2. The van der Waals surface area contributed by atoms with Crippen LogP contribution in [0.3, 0.4) is 0 Å². The molecule has 141 heavy (non-hydrogen) atoms. The molecule has 16 atom stereocenters. The first-order valence-electron chi connectivity index (χ1n) is 49.6. The molecule has 5 fully saturated rings. The minimum absolute atomic E-state index is 0.0169. The second-order valence-electron chi connectivity index (χ2n) is 38.7. The van der Waals surface area contributed by atoms with E-state index >= 15 is 0 Å². The van der Waals surface area contributed by atoms with Crippen LogP contribution in [0.5, 0.6) is 0 Å². The fourth-order valence-corrected chi connectivity index (χ4v) is 20.1. The highest BCUT2D eigenvalue weighted by molar-refractivity contribution is 6.39. The second-order valence-corrected chi connectivity index (χ2v) is 38.7. The number of aliphatic hydroxyl groups excluding tert-OH is 2. The van der Waals surface area contributed by atoms with Gasteiger partial charge in [-0.1, -0.05) is 89.3 Å². The number of aliphatic hydroxyl groups is 3. The normalized spacial score (nSPS) is 27.4. The predicted octanol–water partition coefficient (Wildman–Crippen LogP) is 8.25. The van der Waals surface area contributed by atoms with E-state index in [2.05, 4.69) is 73.5 Å². The van der Waals surface area contributed by atoms with Gasteiger partial charge in [-0.05, 0) is 148 Å². The van der Waals surface area contributed by atoms with Crippen LogP contribution in [0, 0.1) is 35.5 Å². The molecule has 14 rings (SSSR count). The summed E-state index contributed by atoms with van der Waals surface area (Å²) in [6, 6.07) is 10.7. The van der Waals surface area contributed by atoms with Crippen LogP contribution in [0.1, 0.15) is 171 Å². The van der Waals surface area contributed by atoms with Crippen LogP contribution in [0.4, 0.5) is 28.5 Å². The molecule has 762 valence electrons. The van der Waals surface area contributed by atoms with Gasteiger partial charge in [-0.25, -0.2) is 44.2 Å². The summed E-state index contributed by atoms with van der Waals surface area (Å²) in [5.74, 6) is -7.01. The molecule has 5 aromatic heterocycles. The Morgan fingerprint density at radius 3 is 2.18 bits per heavy atom. The molecule has 2 bridgehead atoms. The Hall–Kier alpha value is -11.7. The van der Waals surface area contributed by atoms with Crippen LogP contribution in [0.15, 0.2) is 120 Å². The summed E-state index contributed by atoms with van der Waals surface area (Å²) in [4.78, 5) is 154. The number of hydrogen-bond acceptors (Lipinski definition) is 33. The molecule has 2 aromatic carbocycles. The number of allylic oxidation sites excluding steroid dienone is 5. The lowest BCUT2D eigenvalue weighted by Crippen LogP contribution is -2.61. The highest BCUT2D eigenvalue weighted by atomic mass is 16.6. The average molecular weight is 1950 g/mol. The van der Waals surface area contributed by atoms with E-state index in [1.165, 1.54) is 18.3 Å². The number of Topliss-reactive ketones (excluding diaryl/α,β-unsaturated/α-hetero) is 2. The molecule has 5 amide bonds. The summed E-state index contributed by atoms with van der Waals surface area (Å²) in [7, 11) is 4.50. The summed E-state index contributed by atoms with van der Waals surface area (Å²) < 4.78 is 55.1. The Bertz CT molecular complexity index is 5580. The molecule has 9 N–H and O–H groups in total. The smallest absolute Gasteiger partial charge is 0.407 e. The number of benzene rings is 2. The van der Waals surface area contributed by atoms with E-state index in [1.807, 2.05) is 89.6 Å². The number of methoxy groups -OCH3 is 3. The van der Waals surface area contributed by atoms with Gasteiger partial charge in [0.05, 0.1) is 74.8 Å². The van der Waals surface area contributed by atoms with Crippen LogP contribution in [0.2, 0.25) is 0 Å². The summed E-state index contributed by atoms with van der Waals surface area (Å²) in [5.41, 5.74) is 21.0. The number of cyclic esters (lactones) is 1. The molecule has 39 nitrogen and oxygen atoms in total. The highest BCUT2D eigenvalue weighted by Crippen LogP contribution is 2.41. The van der Waals surface area contributed by atoms with Crippen molar-refractivity contribution in [1.29, 1.82) is 0 Å². The van der Waals surface area contributed by atoms with Crippen molar-refractivity contribution in [3.05, 3.63) is 143 Å². The zero-order valence-corrected chi connectivity index (χ0v) is 82.7. The number of esters is 1. The van der Waals surface area contributed by atoms with Crippen LogP contribution >= 0.6 is 0 Å².